The van der Waals surface area contributed by atoms with Gasteiger partial charge in [-0.3, -0.25) is 5.41 Å². The molecule has 15 heavy (non-hydrogen) atoms. The third-order valence-corrected chi connectivity index (χ3v) is 3.22. The van der Waals surface area contributed by atoms with Gasteiger partial charge in [0.25, 0.3) is 0 Å². The Hall–Kier alpha value is -1.10. The van der Waals surface area contributed by atoms with E-state index in [0.29, 0.717) is 10.6 Å². The highest BCUT2D eigenvalue weighted by molar-refractivity contribution is 7.99. The van der Waals surface area contributed by atoms with Crippen molar-refractivity contribution in [3.05, 3.63) is 29.8 Å². The fourth-order valence-corrected chi connectivity index (χ4v) is 1.87. The standard InChI is InChI=1S/C10H12F2N2S/c1-6(10(13)14)5-15-9-3-2-7(11)4-8(9)12/h2-4,6H,5H2,1H3,(H3,13,14). The van der Waals surface area contributed by atoms with Gasteiger partial charge in [0.2, 0.25) is 0 Å². The van der Waals surface area contributed by atoms with E-state index in [2.05, 4.69) is 0 Å². The van der Waals surface area contributed by atoms with Crippen LogP contribution in [0.15, 0.2) is 23.1 Å². The number of rotatable bonds is 4. The number of nitrogens with two attached hydrogens (primary N) is 1. The van der Waals surface area contributed by atoms with Crippen LogP contribution >= 0.6 is 11.8 Å². The third kappa shape index (κ3) is 3.51. The fraction of sp³-hybridized carbons (Fsp3) is 0.300. The summed E-state index contributed by atoms with van der Waals surface area (Å²) in [5, 5.41) is 7.16. The molecule has 5 heteroatoms. The minimum Gasteiger partial charge on any atom is -0.387 e. The first-order chi connectivity index (χ1) is 7.00. The zero-order valence-electron chi connectivity index (χ0n) is 8.26. The van der Waals surface area contributed by atoms with Gasteiger partial charge in [-0.1, -0.05) is 6.92 Å². The lowest BCUT2D eigenvalue weighted by Gasteiger charge is -2.09. The number of halogens is 2. The van der Waals surface area contributed by atoms with Crippen molar-refractivity contribution in [1.29, 1.82) is 5.41 Å². The van der Waals surface area contributed by atoms with E-state index in [-0.39, 0.29) is 11.8 Å². The third-order valence-electron chi connectivity index (χ3n) is 1.91. The maximum absolute atomic E-state index is 13.2. The number of nitrogens with one attached hydrogen (secondary N) is 1. The molecule has 0 radical (unpaired) electrons. The number of hydrogen-bond donors (Lipinski definition) is 2. The van der Waals surface area contributed by atoms with Crippen LogP contribution in [0.2, 0.25) is 0 Å². The molecular formula is C10H12F2N2S. The highest BCUT2D eigenvalue weighted by atomic mass is 32.2. The van der Waals surface area contributed by atoms with Crippen molar-refractivity contribution >= 4 is 17.6 Å². The van der Waals surface area contributed by atoms with Crippen molar-refractivity contribution in [3.63, 3.8) is 0 Å². The van der Waals surface area contributed by atoms with Crippen LogP contribution in [0.1, 0.15) is 6.92 Å². The van der Waals surface area contributed by atoms with E-state index < -0.39 is 11.6 Å². The largest absolute Gasteiger partial charge is 0.387 e. The van der Waals surface area contributed by atoms with E-state index >= 15 is 0 Å². The summed E-state index contributed by atoms with van der Waals surface area (Å²) >= 11 is 1.23. The second-order valence-corrected chi connectivity index (χ2v) is 4.30. The SMILES string of the molecule is CC(CSc1ccc(F)cc1F)C(=N)N. The molecule has 0 heterocycles. The van der Waals surface area contributed by atoms with E-state index in [4.69, 9.17) is 11.1 Å². The lowest BCUT2D eigenvalue weighted by Crippen LogP contribution is -2.21. The highest BCUT2D eigenvalue weighted by Crippen LogP contribution is 2.24. The summed E-state index contributed by atoms with van der Waals surface area (Å²) in [5.74, 6) is -0.686. The first kappa shape index (κ1) is 12.0. The van der Waals surface area contributed by atoms with Gasteiger partial charge in [-0.2, -0.15) is 0 Å². The second kappa shape index (κ2) is 5.11. The highest BCUT2D eigenvalue weighted by Gasteiger charge is 2.09. The van der Waals surface area contributed by atoms with E-state index in [1.54, 1.807) is 6.92 Å². The van der Waals surface area contributed by atoms with Crippen molar-refractivity contribution < 1.29 is 8.78 Å². The van der Waals surface area contributed by atoms with Crippen LogP contribution in [0.4, 0.5) is 8.78 Å². The molecule has 0 spiro atoms. The van der Waals surface area contributed by atoms with Crippen LogP contribution in [-0.4, -0.2) is 11.6 Å². The molecule has 1 aromatic carbocycles. The quantitative estimate of drug-likeness (QED) is 0.474. The smallest absolute Gasteiger partial charge is 0.139 e. The maximum atomic E-state index is 13.2. The number of amidine groups is 1. The normalized spacial score (nSPS) is 12.5. The van der Waals surface area contributed by atoms with Gasteiger partial charge >= 0.3 is 0 Å². The Morgan fingerprint density at radius 1 is 1.53 bits per heavy atom. The zero-order chi connectivity index (χ0) is 11.4. The van der Waals surface area contributed by atoms with Crippen molar-refractivity contribution in [1.82, 2.24) is 0 Å². The Bertz CT molecular complexity index is 368. The molecule has 0 fully saturated rings. The van der Waals surface area contributed by atoms with Crippen LogP contribution in [0, 0.1) is 23.0 Å². The zero-order valence-corrected chi connectivity index (χ0v) is 9.07. The molecule has 1 aromatic rings. The average molecular weight is 230 g/mol. The van der Waals surface area contributed by atoms with Gasteiger partial charge in [0, 0.05) is 22.6 Å². The van der Waals surface area contributed by atoms with Crippen molar-refractivity contribution in [2.24, 2.45) is 11.7 Å². The predicted molar refractivity (Wildman–Crippen MR) is 58.2 cm³/mol. The van der Waals surface area contributed by atoms with Crippen molar-refractivity contribution in [3.8, 4) is 0 Å². The lowest BCUT2D eigenvalue weighted by atomic mass is 10.2. The molecule has 0 amide bonds. The molecule has 0 saturated heterocycles. The molecule has 0 bridgehead atoms. The Labute approximate surface area is 91.4 Å². The van der Waals surface area contributed by atoms with E-state index in [1.807, 2.05) is 0 Å². The Balaban J connectivity index is 2.62. The Morgan fingerprint density at radius 2 is 2.20 bits per heavy atom. The summed E-state index contributed by atoms with van der Waals surface area (Å²) in [4.78, 5) is 0.379. The molecule has 0 aliphatic carbocycles. The average Bonchev–Trinajstić information content (AvgIpc) is 2.15. The molecule has 1 atom stereocenters. The van der Waals surface area contributed by atoms with Crippen LogP contribution in [0.5, 0.6) is 0 Å². The minimum atomic E-state index is -0.587. The van der Waals surface area contributed by atoms with Gasteiger partial charge < -0.3 is 5.73 Å². The van der Waals surface area contributed by atoms with Crippen LogP contribution in [0.3, 0.4) is 0 Å². The van der Waals surface area contributed by atoms with Gasteiger partial charge in [0.1, 0.15) is 11.6 Å². The molecule has 1 rings (SSSR count). The van der Waals surface area contributed by atoms with Gasteiger partial charge in [-0.25, -0.2) is 8.78 Å². The molecule has 3 N–H and O–H groups in total. The molecule has 2 nitrogen and oxygen atoms in total. The molecule has 0 aliphatic rings. The molecule has 0 aromatic heterocycles. The van der Waals surface area contributed by atoms with Gasteiger partial charge in [-0.15, -0.1) is 11.8 Å². The van der Waals surface area contributed by atoms with Gasteiger partial charge in [0.05, 0.1) is 5.84 Å². The summed E-state index contributed by atoms with van der Waals surface area (Å²) < 4.78 is 25.7. The number of hydrogen-bond acceptors (Lipinski definition) is 2. The fourth-order valence-electron chi connectivity index (χ4n) is 0.897. The van der Waals surface area contributed by atoms with Gasteiger partial charge in [-0.05, 0) is 12.1 Å². The summed E-state index contributed by atoms with van der Waals surface area (Å²) in [6, 6.07) is 3.45. The van der Waals surface area contributed by atoms with Crippen molar-refractivity contribution in [2.75, 3.05) is 5.75 Å². The number of benzene rings is 1. The number of thioether (sulfide) groups is 1. The summed E-state index contributed by atoms with van der Waals surface area (Å²) in [5.41, 5.74) is 5.28. The molecule has 0 aliphatic heterocycles. The van der Waals surface area contributed by atoms with Crippen LogP contribution in [-0.2, 0) is 0 Å². The molecule has 82 valence electrons. The first-order valence-electron chi connectivity index (χ1n) is 4.42. The van der Waals surface area contributed by atoms with Crippen molar-refractivity contribution in [2.45, 2.75) is 11.8 Å². The van der Waals surface area contributed by atoms with Crippen LogP contribution in [0.25, 0.3) is 0 Å². The van der Waals surface area contributed by atoms with E-state index in [9.17, 15) is 8.78 Å². The maximum Gasteiger partial charge on any atom is 0.139 e. The lowest BCUT2D eigenvalue weighted by molar-refractivity contribution is 0.565. The molecule has 0 saturated carbocycles. The second-order valence-electron chi connectivity index (χ2n) is 3.24. The van der Waals surface area contributed by atoms with E-state index in [1.165, 1.54) is 23.9 Å². The monoisotopic (exact) mass is 230 g/mol. The van der Waals surface area contributed by atoms with E-state index in [0.717, 1.165) is 6.07 Å². The Kier molecular flexibility index (Phi) is 4.08. The summed E-state index contributed by atoms with van der Waals surface area (Å²) in [6.45, 7) is 1.79. The van der Waals surface area contributed by atoms with Gasteiger partial charge in [0.15, 0.2) is 0 Å². The Morgan fingerprint density at radius 3 is 2.73 bits per heavy atom. The van der Waals surface area contributed by atoms with Crippen LogP contribution < -0.4 is 5.73 Å². The minimum absolute atomic E-state index is 0.0741. The molecular weight excluding hydrogens is 218 g/mol. The summed E-state index contributed by atoms with van der Waals surface area (Å²) in [7, 11) is 0. The topological polar surface area (TPSA) is 49.9 Å². The first-order valence-corrected chi connectivity index (χ1v) is 5.41. The predicted octanol–water partition coefficient (Wildman–Crippen LogP) is 2.63. The molecule has 1 unspecified atom stereocenters. The summed E-state index contributed by atoms with van der Waals surface area (Å²) in [6.07, 6.45) is 0.